The summed E-state index contributed by atoms with van der Waals surface area (Å²) in [5.41, 5.74) is 2.55. The van der Waals surface area contributed by atoms with E-state index in [2.05, 4.69) is 26.8 Å². The second-order valence-corrected chi connectivity index (χ2v) is 7.79. The smallest absolute Gasteiger partial charge is 0.119 e. The lowest BCUT2D eigenvalue weighted by atomic mass is 9.90. The SMILES string of the molecule is CCCCCCCCCCCCCCc1c(O)cccc1C(C)CC. The molecule has 0 amide bonds. The molecule has 0 aliphatic carbocycles. The highest BCUT2D eigenvalue weighted by molar-refractivity contribution is 5.41. The number of phenols is 1. The Bertz CT molecular complexity index is 438. The molecular weight excluding hydrogens is 304 g/mol. The second kappa shape index (κ2) is 14.2. The van der Waals surface area contributed by atoms with Crippen molar-refractivity contribution >= 4 is 0 Å². The Morgan fingerprint density at radius 1 is 0.760 bits per heavy atom. The molecule has 0 radical (unpaired) electrons. The Labute approximate surface area is 157 Å². The number of hydrogen-bond donors (Lipinski definition) is 1. The Morgan fingerprint density at radius 3 is 1.80 bits per heavy atom. The van der Waals surface area contributed by atoms with Gasteiger partial charge in [-0.3, -0.25) is 0 Å². The van der Waals surface area contributed by atoms with Crippen molar-refractivity contribution in [2.24, 2.45) is 0 Å². The van der Waals surface area contributed by atoms with Gasteiger partial charge in [-0.15, -0.1) is 0 Å². The highest BCUT2D eigenvalue weighted by Gasteiger charge is 2.12. The molecule has 0 aliphatic heterocycles. The van der Waals surface area contributed by atoms with Crippen molar-refractivity contribution in [2.45, 2.75) is 117 Å². The maximum Gasteiger partial charge on any atom is 0.119 e. The van der Waals surface area contributed by atoms with Crippen LogP contribution in [0.2, 0.25) is 0 Å². The molecule has 144 valence electrons. The molecule has 1 unspecified atom stereocenters. The molecule has 0 saturated carbocycles. The Hall–Kier alpha value is -0.980. The van der Waals surface area contributed by atoms with Crippen LogP contribution in [0.1, 0.15) is 121 Å². The van der Waals surface area contributed by atoms with E-state index in [4.69, 9.17) is 0 Å². The Balaban J connectivity index is 2.10. The largest absolute Gasteiger partial charge is 0.508 e. The molecule has 25 heavy (non-hydrogen) atoms. The number of phenolic OH excluding ortho intramolecular Hbond substituents is 1. The first kappa shape index (κ1) is 22.1. The lowest BCUT2D eigenvalue weighted by Crippen LogP contribution is -1.99. The van der Waals surface area contributed by atoms with E-state index in [1.807, 2.05) is 12.1 Å². The van der Waals surface area contributed by atoms with Crippen LogP contribution < -0.4 is 0 Å². The minimum atomic E-state index is 0.501. The molecule has 1 heteroatoms. The van der Waals surface area contributed by atoms with E-state index < -0.39 is 0 Å². The summed E-state index contributed by atoms with van der Waals surface area (Å²) in [6.07, 6.45) is 18.7. The van der Waals surface area contributed by atoms with E-state index in [1.54, 1.807) is 0 Å². The molecule has 1 atom stereocenters. The first-order chi connectivity index (χ1) is 12.2. The summed E-state index contributed by atoms with van der Waals surface area (Å²) in [6.45, 7) is 6.77. The molecule has 0 aliphatic rings. The number of unbranched alkanes of at least 4 members (excludes halogenated alkanes) is 11. The lowest BCUT2D eigenvalue weighted by molar-refractivity contribution is 0.463. The minimum Gasteiger partial charge on any atom is -0.508 e. The molecule has 0 saturated heterocycles. The van der Waals surface area contributed by atoms with Crippen LogP contribution >= 0.6 is 0 Å². The van der Waals surface area contributed by atoms with Crippen LogP contribution in [0.3, 0.4) is 0 Å². The van der Waals surface area contributed by atoms with E-state index in [1.165, 1.54) is 88.2 Å². The van der Waals surface area contributed by atoms with Gasteiger partial charge in [-0.1, -0.05) is 104 Å². The van der Waals surface area contributed by atoms with Crippen molar-refractivity contribution < 1.29 is 5.11 Å². The number of aromatic hydroxyl groups is 1. The van der Waals surface area contributed by atoms with E-state index in [0.717, 1.165) is 12.8 Å². The normalized spacial score (nSPS) is 12.4. The summed E-state index contributed by atoms with van der Waals surface area (Å²) in [5.74, 6) is 1.04. The standard InChI is InChI=1S/C24H42O/c1-4-6-7-8-9-10-11-12-13-14-15-16-18-23-22(21(3)5-2)19-17-20-24(23)25/h17,19-21,25H,4-16,18H2,1-3H3. The topological polar surface area (TPSA) is 20.2 Å². The zero-order valence-electron chi connectivity index (χ0n) is 17.2. The van der Waals surface area contributed by atoms with Gasteiger partial charge in [0.05, 0.1) is 0 Å². The predicted molar refractivity (Wildman–Crippen MR) is 112 cm³/mol. The first-order valence-corrected chi connectivity index (χ1v) is 11.0. The second-order valence-electron chi connectivity index (χ2n) is 7.79. The Kier molecular flexibility index (Phi) is 12.5. The maximum atomic E-state index is 10.2. The Morgan fingerprint density at radius 2 is 1.28 bits per heavy atom. The van der Waals surface area contributed by atoms with Gasteiger partial charge in [-0.2, -0.15) is 0 Å². The molecule has 0 bridgehead atoms. The number of benzene rings is 1. The zero-order chi connectivity index (χ0) is 18.3. The molecule has 1 aromatic carbocycles. The van der Waals surface area contributed by atoms with Crippen molar-refractivity contribution in [3.63, 3.8) is 0 Å². The molecule has 0 aromatic heterocycles. The molecule has 0 fully saturated rings. The van der Waals surface area contributed by atoms with E-state index in [-0.39, 0.29) is 0 Å². The minimum absolute atomic E-state index is 0.501. The lowest BCUT2D eigenvalue weighted by Gasteiger charge is -2.16. The van der Waals surface area contributed by atoms with Crippen LogP contribution in [0, 0.1) is 0 Å². The van der Waals surface area contributed by atoms with Crippen LogP contribution in [-0.2, 0) is 6.42 Å². The maximum absolute atomic E-state index is 10.2. The van der Waals surface area contributed by atoms with E-state index >= 15 is 0 Å². The van der Waals surface area contributed by atoms with Crippen LogP contribution in [-0.4, -0.2) is 5.11 Å². The highest BCUT2D eigenvalue weighted by atomic mass is 16.3. The summed E-state index contributed by atoms with van der Waals surface area (Å²) in [5, 5.41) is 10.2. The van der Waals surface area contributed by atoms with Crippen LogP contribution in [0.4, 0.5) is 0 Å². The summed E-state index contributed by atoms with van der Waals surface area (Å²) >= 11 is 0. The summed E-state index contributed by atoms with van der Waals surface area (Å²) in [7, 11) is 0. The van der Waals surface area contributed by atoms with Gasteiger partial charge in [0.25, 0.3) is 0 Å². The highest BCUT2D eigenvalue weighted by Crippen LogP contribution is 2.30. The fourth-order valence-electron chi connectivity index (χ4n) is 3.69. The fourth-order valence-corrected chi connectivity index (χ4v) is 3.69. The van der Waals surface area contributed by atoms with Crippen LogP contribution in [0.25, 0.3) is 0 Å². The summed E-state index contributed by atoms with van der Waals surface area (Å²) in [4.78, 5) is 0. The monoisotopic (exact) mass is 346 g/mol. The predicted octanol–water partition coefficient (Wildman–Crippen LogP) is 8.15. The summed E-state index contributed by atoms with van der Waals surface area (Å²) < 4.78 is 0. The van der Waals surface area contributed by atoms with Crippen molar-refractivity contribution in [3.05, 3.63) is 29.3 Å². The molecule has 1 rings (SSSR count). The van der Waals surface area contributed by atoms with Gasteiger partial charge in [0, 0.05) is 0 Å². The van der Waals surface area contributed by atoms with Gasteiger partial charge in [0.2, 0.25) is 0 Å². The third-order valence-corrected chi connectivity index (χ3v) is 5.61. The van der Waals surface area contributed by atoms with Crippen molar-refractivity contribution in [2.75, 3.05) is 0 Å². The molecule has 0 heterocycles. The van der Waals surface area contributed by atoms with Crippen LogP contribution in [0.5, 0.6) is 5.75 Å². The number of rotatable bonds is 15. The van der Waals surface area contributed by atoms with Crippen molar-refractivity contribution in [1.82, 2.24) is 0 Å². The van der Waals surface area contributed by atoms with E-state index in [9.17, 15) is 5.11 Å². The van der Waals surface area contributed by atoms with Gasteiger partial charge >= 0.3 is 0 Å². The van der Waals surface area contributed by atoms with Gasteiger partial charge < -0.3 is 5.11 Å². The van der Waals surface area contributed by atoms with Gasteiger partial charge in [0.1, 0.15) is 5.75 Å². The number of hydrogen-bond acceptors (Lipinski definition) is 1. The molecule has 1 aromatic rings. The summed E-state index contributed by atoms with van der Waals surface area (Å²) in [6, 6.07) is 6.04. The average Bonchev–Trinajstić information content (AvgIpc) is 2.63. The fraction of sp³-hybridized carbons (Fsp3) is 0.750. The zero-order valence-corrected chi connectivity index (χ0v) is 17.2. The molecular formula is C24H42O. The van der Waals surface area contributed by atoms with Gasteiger partial charge in [-0.05, 0) is 42.4 Å². The third kappa shape index (κ3) is 9.33. The van der Waals surface area contributed by atoms with Crippen molar-refractivity contribution in [1.29, 1.82) is 0 Å². The third-order valence-electron chi connectivity index (χ3n) is 5.61. The van der Waals surface area contributed by atoms with Crippen molar-refractivity contribution in [3.8, 4) is 5.75 Å². The van der Waals surface area contributed by atoms with Gasteiger partial charge in [-0.25, -0.2) is 0 Å². The molecule has 1 nitrogen and oxygen atoms in total. The quantitative estimate of drug-likeness (QED) is 0.318. The average molecular weight is 347 g/mol. The van der Waals surface area contributed by atoms with Crippen LogP contribution in [0.15, 0.2) is 18.2 Å². The first-order valence-electron chi connectivity index (χ1n) is 11.0. The van der Waals surface area contributed by atoms with Gasteiger partial charge in [0.15, 0.2) is 0 Å². The molecule has 0 spiro atoms. The van der Waals surface area contributed by atoms with E-state index in [0.29, 0.717) is 11.7 Å². The molecule has 1 N–H and O–H groups in total.